The van der Waals surface area contributed by atoms with Crippen molar-refractivity contribution >= 4 is 41.4 Å². The molecular formula is C16H28N4O9S. The van der Waals surface area contributed by atoms with E-state index in [1.165, 1.54) is 11.8 Å². The van der Waals surface area contributed by atoms with Crippen molar-refractivity contribution in [2.75, 3.05) is 18.6 Å². The molecule has 3 amide bonds. The van der Waals surface area contributed by atoms with Gasteiger partial charge >= 0.3 is 11.9 Å². The number of amides is 3. The van der Waals surface area contributed by atoms with Gasteiger partial charge in [0.1, 0.15) is 24.2 Å². The number of nitrogens with two attached hydrogens (primary N) is 1. The normalized spacial score (nSPS) is 15.8. The predicted molar refractivity (Wildman–Crippen MR) is 105 cm³/mol. The maximum Gasteiger partial charge on any atom is 0.326 e. The van der Waals surface area contributed by atoms with Gasteiger partial charge in [0, 0.05) is 0 Å². The smallest absolute Gasteiger partial charge is 0.326 e. The Kier molecular flexibility index (Phi) is 12.6. The monoisotopic (exact) mass is 452 g/mol. The molecule has 0 heterocycles. The van der Waals surface area contributed by atoms with Crippen molar-refractivity contribution in [1.29, 1.82) is 0 Å². The zero-order chi connectivity index (χ0) is 23.4. The van der Waals surface area contributed by atoms with Crippen LogP contribution in [0.1, 0.15) is 19.8 Å². The molecule has 0 aliphatic carbocycles. The Morgan fingerprint density at radius 1 is 0.967 bits per heavy atom. The third-order valence-corrected chi connectivity index (χ3v) is 4.48. The highest BCUT2D eigenvalue weighted by molar-refractivity contribution is 7.98. The van der Waals surface area contributed by atoms with Crippen LogP contribution in [0.4, 0.5) is 0 Å². The number of hydrogen-bond donors (Lipinski definition) is 8. The number of carboxylic acids is 2. The van der Waals surface area contributed by atoms with Gasteiger partial charge in [-0.2, -0.15) is 11.8 Å². The summed E-state index contributed by atoms with van der Waals surface area (Å²) in [5.41, 5.74) is 5.31. The molecule has 13 nitrogen and oxygen atoms in total. The Labute approximate surface area is 176 Å². The summed E-state index contributed by atoms with van der Waals surface area (Å²) in [7, 11) is 0. The topological polar surface area (TPSA) is 228 Å². The molecule has 5 atom stereocenters. The predicted octanol–water partition coefficient (Wildman–Crippen LogP) is -3.55. The van der Waals surface area contributed by atoms with E-state index in [9.17, 15) is 34.2 Å². The molecule has 172 valence electrons. The van der Waals surface area contributed by atoms with Gasteiger partial charge in [-0.3, -0.25) is 19.2 Å². The molecule has 14 heteroatoms. The Balaban J connectivity index is 5.35. The first-order valence-electron chi connectivity index (χ1n) is 8.83. The van der Waals surface area contributed by atoms with Gasteiger partial charge in [0.05, 0.1) is 19.1 Å². The average Bonchev–Trinajstić information content (AvgIpc) is 2.66. The van der Waals surface area contributed by atoms with E-state index >= 15 is 0 Å². The lowest BCUT2D eigenvalue weighted by molar-refractivity contribution is -0.144. The van der Waals surface area contributed by atoms with Crippen LogP contribution in [-0.2, 0) is 24.0 Å². The first-order valence-corrected chi connectivity index (χ1v) is 10.2. The van der Waals surface area contributed by atoms with Crippen molar-refractivity contribution in [2.24, 2.45) is 5.73 Å². The number of aliphatic carboxylic acids is 2. The SMILES string of the molecule is CSCC[C@H](NC(=O)[C@@H](NC(=O)[C@H](CC(=O)O)NC(=O)[C@@H](N)CO)[C@@H](C)O)C(=O)O. The molecule has 0 aromatic carbocycles. The van der Waals surface area contributed by atoms with Crippen LogP contribution in [0.2, 0.25) is 0 Å². The maximum absolute atomic E-state index is 12.4. The van der Waals surface area contributed by atoms with Crippen molar-refractivity contribution in [3.63, 3.8) is 0 Å². The summed E-state index contributed by atoms with van der Waals surface area (Å²) in [5, 5.41) is 43.2. The van der Waals surface area contributed by atoms with Crippen molar-refractivity contribution in [3.05, 3.63) is 0 Å². The number of carbonyl (C=O) groups is 5. The van der Waals surface area contributed by atoms with Crippen molar-refractivity contribution in [2.45, 2.75) is 50.0 Å². The summed E-state index contributed by atoms with van der Waals surface area (Å²) in [5.74, 6) is -5.44. The minimum Gasteiger partial charge on any atom is -0.481 e. The fraction of sp³-hybridized carbons (Fsp3) is 0.688. The lowest BCUT2D eigenvalue weighted by atomic mass is 10.1. The second-order valence-electron chi connectivity index (χ2n) is 6.36. The number of rotatable bonds is 14. The molecule has 30 heavy (non-hydrogen) atoms. The van der Waals surface area contributed by atoms with Crippen LogP contribution in [0, 0.1) is 0 Å². The van der Waals surface area contributed by atoms with E-state index in [0.717, 1.165) is 6.92 Å². The molecule has 0 aliphatic heterocycles. The molecule has 0 spiro atoms. The minimum atomic E-state index is -1.66. The number of hydrogen-bond acceptors (Lipinski definition) is 9. The summed E-state index contributed by atoms with van der Waals surface area (Å²) in [6, 6.07) is -5.94. The maximum atomic E-state index is 12.4. The minimum absolute atomic E-state index is 0.0967. The van der Waals surface area contributed by atoms with E-state index in [-0.39, 0.29) is 6.42 Å². The van der Waals surface area contributed by atoms with Crippen molar-refractivity contribution < 1.29 is 44.4 Å². The first-order chi connectivity index (χ1) is 13.9. The number of aliphatic hydroxyl groups is 2. The van der Waals surface area contributed by atoms with Gasteiger partial charge in [0.2, 0.25) is 17.7 Å². The van der Waals surface area contributed by atoms with E-state index in [1.54, 1.807) is 6.26 Å². The Hall–Kier alpha value is -2.42. The molecule has 0 aromatic rings. The van der Waals surface area contributed by atoms with Gasteiger partial charge in [-0.25, -0.2) is 4.79 Å². The van der Waals surface area contributed by atoms with Crippen LogP contribution in [0.15, 0.2) is 0 Å². The van der Waals surface area contributed by atoms with Crippen LogP contribution in [0.3, 0.4) is 0 Å². The van der Waals surface area contributed by atoms with E-state index in [0.29, 0.717) is 5.75 Å². The highest BCUT2D eigenvalue weighted by Crippen LogP contribution is 2.04. The van der Waals surface area contributed by atoms with Crippen LogP contribution in [-0.4, -0.2) is 99.0 Å². The molecule has 0 aromatic heterocycles. The van der Waals surface area contributed by atoms with E-state index in [2.05, 4.69) is 10.6 Å². The molecule has 0 radical (unpaired) electrons. The van der Waals surface area contributed by atoms with Gasteiger partial charge in [-0.15, -0.1) is 0 Å². The zero-order valence-corrected chi connectivity index (χ0v) is 17.3. The summed E-state index contributed by atoms with van der Waals surface area (Å²) in [6.45, 7) is 0.410. The lowest BCUT2D eigenvalue weighted by Gasteiger charge is -2.26. The summed E-state index contributed by atoms with van der Waals surface area (Å²) in [4.78, 5) is 58.9. The Morgan fingerprint density at radius 2 is 1.53 bits per heavy atom. The lowest BCUT2D eigenvalue weighted by Crippen LogP contribution is -2.60. The zero-order valence-electron chi connectivity index (χ0n) is 16.5. The average molecular weight is 452 g/mol. The largest absolute Gasteiger partial charge is 0.481 e. The highest BCUT2D eigenvalue weighted by atomic mass is 32.2. The van der Waals surface area contributed by atoms with E-state index < -0.39 is 73.0 Å². The third-order valence-electron chi connectivity index (χ3n) is 3.83. The molecule has 0 saturated carbocycles. The summed E-state index contributed by atoms with van der Waals surface area (Å²) in [6.07, 6.45) is -0.488. The quantitative estimate of drug-likeness (QED) is 0.129. The van der Waals surface area contributed by atoms with Gasteiger partial charge in [-0.05, 0) is 25.4 Å². The fourth-order valence-electron chi connectivity index (χ4n) is 2.16. The van der Waals surface area contributed by atoms with Gasteiger partial charge in [-0.1, -0.05) is 0 Å². The second kappa shape index (κ2) is 13.7. The summed E-state index contributed by atoms with van der Waals surface area (Å²) >= 11 is 1.36. The molecule has 0 aliphatic rings. The van der Waals surface area contributed by atoms with Crippen LogP contribution in [0.25, 0.3) is 0 Å². The van der Waals surface area contributed by atoms with Gasteiger partial charge < -0.3 is 42.1 Å². The number of carboxylic acid groups (broad SMARTS) is 2. The fourth-order valence-corrected chi connectivity index (χ4v) is 2.63. The van der Waals surface area contributed by atoms with Crippen molar-refractivity contribution in [1.82, 2.24) is 16.0 Å². The second-order valence-corrected chi connectivity index (χ2v) is 7.34. The molecule has 0 fully saturated rings. The molecule has 0 bridgehead atoms. The Bertz CT molecular complexity index is 632. The summed E-state index contributed by atoms with van der Waals surface area (Å²) < 4.78 is 0. The van der Waals surface area contributed by atoms with E-state index in [1.807, 2.05) is 5.32 Å². The van der Waals surface area contributed by atoms with Gasteiger partial charge in [0.25, 0.3) is 0 Å². The van der Waals surface area contributed by atoms with Crippen LogP contribution in [0.5, 0.6) is 0 Å². The molecule has 0 saturated heterocycles. The van der Waals surface area contributed by atoms with E-state index in [4.69, 9.17) is 15.9 Å². The molecule has 9 N–H and O–H groups in total. The molecule has 0 unspecified atom stereocenters. The number of nitrogens with one attached hydrogen (secondary N) is 3. The number of aliphatic hydroxyl groups excluding tert-OH is 2. The molecular weight excluding hydrogens is 424 g/mol. The highest BCUT2D eigenvalue weighted by Gasteiger charge is 2.33. The number of carbonyl (C=O) groups excluding carboxylic acids is 3. The van der Waals surface area contributed by atoms with Crippen molar-refractivity contribution in [3.8, 4) is 0 Å². The van der Waals surface area contributed by atoms with Crippen LogP contribution >= 0.6 is 11.8 Å². The first kappa shape index (κ1) is 27.6. The standard InChI is InChI=1S/C16H28N4O9S/c1-7(22)12(15(27)18-9(16(28)29)3-4-30-2)20-14(26)10(5-11(23)24)19-13(25)8(17)6-21/h7-10,12,21-22H,3-6,17H2,1-2H3,(H,18,27)(H,19,25)(H,20,26)(H,23,24)(H,28,29)/t7-,8+,9+,10+,12+/m1/s1. The third kappa shape index (κ3) is 9.87. The van der Waals surface area contributed by atoms with Gasteiger partial charge in [0.15, 0.2) is 0 Å². The number of thioether (sulfide) groups is 1. The van der Waals surface area contributed by atoms with Crippen LogP contribution < -0.4 is 21.7 Å². The molecule has 0 rings (SSSR count). The Morgan fingerprint density at radius 3 is 1.97 bits per heavy atom.